The summed E-state index contributed by atoms with van der Waals surface area (Å²) < 4.78 is 0. The van der Waals surface area contributed by atoms with Gasteiger partial charge in [0.15, 0.2) is 17.3 Å². The number of hydrogen-bond donors (Lipinski definition) is 0. The molecule has 0 spiro atoms. The number of Topliss-reactive ketones (excluding diaryl/α,β-unsaturated/α-hetero) is 3. The van der Waals surface area contributed by atoms with Crippen LogP contribution in [0, 0.1) is 11.3 Å². The largest absolute Gasteiger partial charge is 0.298 e. The van der Waals surface area contributed by atoms with Crippen LogP contribution >= 0.6 is 0 Å². The summed E-state index contributed by atoms with van der Waals surface area (Å²) in [6.07, 6.45) is 0.784. The lowest BCUT2D eigenvalue weighted by atomic mass is 9.79. The molecular formula is C11H16O3. The SMILES string of the molecule is CC(C)CC(=O)C1(C)C(=O)CCC1=O. The molecule has 0 radical (unpaired) electrons. The van der Waals surface area contributed by atoms with E-state index in [4.69, 9.17) is 0 Å². The topological polar surface area (TPSA) is 51.2 Å². The second kappa shape index (κ2) is 3.64. The van der Waals surface area contributed by atoms with Gasteiger partial charge in [-0.3, -0.25) is 14.4 Å². The Morgan fingerprint density at radius 2 is 1.71 bits per heavy atom. The Balaban J connectivity index is 2.88. The van der Waals surface area contributed by atoms with Gasteiger partial charge in [-0.15, -0.1) is 0 Å². The van der Waals surface area contributed by atoms with Gasteiger partial charge in [-0.25, -0.2) is 0 Å². The minimum atomic E-state index is -1.32. The van der Waals surface area contributed by atoms with Crippen LogP contribution < -0.4 is 0 Å². The second-order valence-electron chi connectivity index (χ2n) is 4.49. The smallest absolute Gasteiger partial charge is 0.154 e. The van der Waals surface area contributed by atoms with Crippen LogP contribution in [0.3, 0.4) is 0 Å². The molecule has 1 fully saturated rings. The molecular weight excluding hydrogens is 180 g/mol. The van der Waals surface area contributed by atoms with Crippen molar-refractivity contribution >= 4 is 17.3 Å². The van der Waals surface area contributed by atoms with Gasteiger partial charge in [0.2, 0.25) is 0 Å². The minimum absolute atomic E-state index is 0.195. The quantitative estimate of drug-likeness (QED) is 0.643. The molecule has 1 aliphatic carbocycles. The second-order valence-corrected chi connectivity index (χ2v) is 4.49. The van der Waals surface area contributed by atoms with Crippen molar-refractivity contribution in [3.63, 3.8) is 0 Å². The van der Waals surface area contributed by atoms with Gasteiger partial charge in [-0.05, 0) is 12.8 Å². The predicted octanol–water partition coefficient (Wildman–Crippen LogP) is 1.54. The summed E-state index contributed by atoms with van der Waals surface area (Å²) in [6.45, 7) is 5.30. The molecule has 3 nitrogen and oxygen atoms in total. The monoisotopic (exact) mass is 196 g/mol. The Bertz CT molecular complexity index is 273. The van der Waals surface area contributed by atoms with Crippen LogP contribution in [0.2, 0.25) is 0 Å². The van der Waals surface area contributed by atoms with Crippen molar-refractivity contribution in [2.75, 3.05) is 0 Å². The van der Waals surface area contributed by atoms with E-state index in [1.807, 2.05) is 13.8 Å². The Kier molecular flexibility index (Phi) is 2.88. The van der Waals surface area contributed by atoms with E-state index < -0.39 is 5.41 Å². The zero-order valence-corrected chi connectivity index (χ0v) is 8.92. The first-order valence-corrected chi connectivity index (χ1v) is 4.99. The highest BCUT2D eigenvalue weighted by Gasteiger charge is 2.50. The summed E-state index contributed by atoms with van der Waals surface area (Å²) in [6, 6.07) is 0. The van der Waals surface area contributed by atoms with Crippen LogP contribution in [0.5, 0.6) is 0 Å². The van der Waals surface area contributed by atoms with E-state index >= 15 is 0 Å². The van der Waals surface area contributed by atoms with E-state index in [1.54, 1.807) is 0 Å². The summed E-state index contributed by atoms with van der Waals surface area (Å²) in [5, 5.41) is 0. The van der Waals surface area contributed by atoms with Gasteiger partial charge in [-0.1, -0.05) is 13.8 Å². The highest BCUT2D eigenvalue weighted by atomic mass is 16.2. The van der Waals surface area contributed by atoms with Gasteiger partial charge >= 0.3 is 0 Å². The molecule has 1 saturated carbocycles. The van der Waals surface area contributed by atoms with E-state index in [0.29, 0.717) is 6.42 Å². The summed E-state index contributed by atoms with van der Waals surface area (Å²) in [4.78, 5) is 34.7. The molecule has 0 amide bonds. The van der Waals surface area contributed by atoms with Crippen LogP contribution in [0.25, 0.3) is 0 Å². The average Bonchev–Trinajstić information content (AvgIpc) is 2.33. The first kappa shape index (κ1) is 11.1. The van der Waals surface area contributed by atoms with Gasteiger partial charge in [-0.2, -0.15) is 0 Å². The van der Waals surface area contributed by atoms with Crippen molar-refractivity contribution in [2.24, 2.45) is 11.3 Å². The molecule has 0 bridgehead atoms. The maximum atomic E-state index is 11.8. The van der Waals surface area contributed by atoms with Gasteiger partial charge < -0.3 is 0 Å². The molecule has 78 valence electrons. The van der Waals surface area contributed by atoms with Crippen molar-refractivity contribution in [1.82, 2.24) is 0 Å². The lowest BCUT2D eigenvalue weighted by molar-refractivity contribution is -0.143. The van der Waals surface area contributed by atoms with Gasteiger partial charge in [0, 0.05) is 19.3 Å². The van der Waals surface area contributed by atoms with E-state index in [-0.39, 0.29) is 36.1 Å². The molecule has 0 heterocycles. The van der Waals surface area contributed by atoms with Gasteiger partial charge in [0.05, 0.1) is 0 Å². The lowest BCUT2D eigenvalue weighted by Crippen LogP contribution is -2.38. The van der Waals surface area contributed by atoms with Gasteiger partial charge in [0.25, 0.3) is 0 Å². The lowest BCUT2D eigenvalue weighted by Gasteiger charge is -2.19. The number of carbonyl (C=O) groups is 3. The molecule has 1 aliphatic rings. The molecule has 0 N–H and O–H groups in total. The molecule has 0 saturated heterocycles. The molecule has 0 aromatic carbocycles. The predicted molar refractivity (Wildman–Crippen MR) is 51.8 cm³/mol. The van der Waals surface area contributed by atoms with Crippen molar-refractivity contribution in [3.8, 4) is 0 Å². The molecule has 0 atom stereocenters. The summed E-state index contributed by atoms with van der Waals surface area (Å²) in [5.41, 5.74) is -1.32. The normalized spacial score (nSPS) is 20.6. The molecule has 3 heteroatoms. The molecule has 14 heavy (non-hydrogen) atoms. The van der Waals surface area contributed by atoms with Crippen molar-refractivity contribution < 1.29 is 14.4 Å². The number of hydrogen-bond acceptors (Lipinski definition) is 3. The minimum Gasteiger partial charge on any atom is -0.298 e. The van der Waals surface area contributed by atoms with Crippen LogP contribution in [0.1, 0.15) is 40.0 Å². The number of rotatable bonds is 3. The maximum absolute atomic E-state index is 11.8. The van der Waals surface area contributed by atoms with Gasteiger partial charge in [0.1, 0.15) is 5.41 Å². The van der Waals surface area contributed by atoms with Crippen LogP contribution in [-0.4, -0.2) is 17.3 Å². The Hall–Kier alpha value is -0.990. The third kappa shape index (κ3) is 1.63. The van der Waals surface area contributed by atoms with E-state index in [9.17, 15) is 14.4 Å². The fraction of sp³-hybridized carbons (Fsp3) is 0.727. The highest BCUT2D eigenvalue weighted by molar-refractivity contribution is 6.27. The van der Waals surface area contributed by atoms with E-state index in [2.05, 4.69) is 0 Å². The zero-order valence-electron chi connectivity index (χ0n) is 8.92. The average molecular weight is 196 g/mol. The van der Waals surface area contributed by atoms with Crippen molar-refractivity contribution in [3.05, 3.63) is 0 Å². The number of ketones is 3. The van der Waals surface area contributed by atoms with Crippen LogP contribution in [0.15, 0.2) is 0 Å². The Morgan fingerprint density at radius 3 is 2.07 bits per heavy atom. The van der Waals surface area contributed by atoms with E-state index in [0.717, 1.165) is 0 Å². The molecule has 0 aromatic rings. The maximum Gasteiger partial charge on any atom is 0.154 e. The molecule has 1 rings (SSSR count). The van der Waals surface area contributed by atoms with Crippen LogP contribution in [-0.2, 0) is 14.4 Å². The Labute approximate surface area is 83.9 Å². The highest BCUT2D eigenvalue weighted by Crippen LogP contribution is 2.33. The number of carbonyl (C=O) groups excluding carboxylic acids is 3. The van der Waals surface area contributed by atoms with Crippen molar-refractivity contribution in [1.29, 1.82) is 0 Å². The third-order valence-corrected chi connectivity index (χ3v) is 2.85. The Morgan fingerprint density at radius 1 is 1.29 bits per heavy atom. The molecule has 0 unspecified atom stereocenters. The summed E-state index contributed by atoms with van der Waals surface area (Å²) >= 11 is 0. The fourth-order valence-corrected chi connectivity index (χ4v) is 1.77. The zero-order chi connectivity index (χ0) is 10.9. The third-order valence-electron chi connectivity index (χ3n) is 2.85. The molecule has 0 aliphatic heterocycles. The standard InChI is InChI=1S/C11H16O3/c1-7(2)6-10(14)11(3)8(12)4-5-9(11)13/h7H,4-6H2,1-3H3. The fourth-order valence-electron chi connectivity index (χ4n) is 1.77. The first-order chi connectivity index (χ1) is 6.39. The molecule has 0 aromatic heterocycles. The first-order valence-electron chi connectivity index (χ1n) is 4.99. The summed E-state index contributed by atoms with van der Waals surface area (Å²) in [7, 11) is 0. The van der Waals surface area contributed by atoms with E-state index in [1.165, 1.54) is 6.92 Å². The van der Waals surface area contributed by atoms with Crippen molar-refractivity contribution in [2.45, 2.75) is 40.0 Å². The van der Waals surface area contributed by atoms with Crippen LogP contribution in [0.4, 0.5) is 0 Å². The summed E-state index contributed by atoms with van der Waals surface area (Å²) in [5.74, 6) is -0.415.